The lowest BCUT2D eigenvalue weighted by Gasteiger charge is -2.26. The average Bonchev–Trinajstić information content (AvgIpc) is 2.55. The fourth-order valence-electron chi connectivity index (χ4n) is 2.75. The minimum Gasteiger partial charge on any atom is -0.493 e. The van der Waals surface area contributed by atoms with Gasteiger partial charge in [0.05, 0.1) is 32.6 Å². The third kappa shape index (κ3) is 3.91. The molecule has 5 heteroatoms. The third-order valence-electron chi connectivity index (χ3n) is 3.95. The zero-order valence-corrected chi connectivity index (χ0v) is 13.0. The number of esters is 1. The second-order valence-corrected chi connectivity index (χ2v) is 5.41. The summed E-state index contributed by atoms with van der Waals surface area (Å²) >= 11 is 0. The molecule has 0 bridgehead atoms. The summed E-state index contributed by atoms with van der Waals surface area (Å²) in [5, 5.41) is 9.12. The van der Waals surface area contributed by atoms with E-state index >= 15 is 0 Å². The molecule has 22 heavy (non-hydrogen) atoms. The van der Waals surface area contributed by atoms with Crippen LogP contribution in [-0.2, 0) is 16.0 Å². The van der Waals surface area contributed by atoms with Gasteiger partial charge in [0.25, 0.3) is 0 Å². The van der Waals surface area contributed by atoms with Gasteiger partial charge in [0.1, 0.15) is 6.10 Å². The maximum absolute atomic E-state index is 12.1. The van der Waals surface area contributed by atoms with Crippen LogP contribution in [0.1, 0.15) is 31.2 Å². The molecule has 0 N–H and O–H groups in total. The summed E-state index contributed by atoms with van der Waals surface area (Å²) < 4.78 is 15.9. The van der Waals surface area contributed by atoms with Crippen molar-refractivity contribution in [3.63, 3.8) is 0 Å². The number of ether oxygens (including phenoxy) is 3. The van der Waals surface area contributed by atoms with E-state index < -0.39 is 0 Å². The molecule has 0 aromatic heterocycles. The van der Waals surface area contributed by atoms with E-state index in [2.05, 4.69) is 6.07 Å². The van der Waals surface area contributed by atoms with Gasteiger partial charge in [-0.15, -0.1) is 0 Å². The van der Waals surface area contributed by atoms with Gasteiger partial charge in [-0.25, -0.2) is 0 Å². The second kappa shape index (κ2) is 7.69. The van der Waals surface area contributed by atoms with E-state index in [4.69, 9.17) is 19.5 Å². The lowest BCUT2D eigenvalue weighted by Crippen LogP contribution is -2.29. The summed E-state index contributed by atoms with van der Waals surface area (Å²) in [5.41, 5.74) is 0.798. The van der Waals surface area contributed by atoms with Gasteiger partial charge >= 0.3 is 5.97 Å². The number of carbonyl (C=O) groups is 1. The molecule has 2 atom stereocenters. The highest BCUT2D eigenvalue weighted by Gasteiger charge is 2.28. The summed E-state index contributed by atoms with van der Waals surface area (Å²) in [6, 6.07) is 7.58. The molecule has 1 aliphatic carbocycles. The van der Waals surface area contributed by atoms with Gasteiger partial charge in [-0.1, -0.05) is 12.5 Å². The quantitative estimate of drug-likeness (QED) is 0.782. The van der Waals surface area contributed by atoms with Crippen molar-refractivity contribution < 1.29 is 19.0 Å². The molecule has 0 unspecified atom stereocenters. The maximum atomic E-state index is 12.1. The van der Waals surface area contributed by atoms with Crippen LogP contribution in [0.15, 0.2) is 18.2 Å². The molecule has 0 radical (unpaired) electrons. The Morgan fingerprint density at radius 1 is 1.23 bits per heavy atom. The minimum atomic E-state index is -0.306. The Kier molecular flexibility index (Phi) is 5.65. The molecule has 0 amide bonds. The van der Waals surface area contributed by atoms with E-state index in [0.29, 0.717) is 11.5 Å². The largest absolute Gasteiger partial charge is 0.493 e. The second-order valence-electron chi connectivity index (χ2n) is 5.41. The van der Waals surface area contributed by atoms with Crippen molar-refractivity contribution in [2.75, 3.05) is 14.2 Å². The van der Waals surface area contributed by atoms with Gasteiger partial charge in [-0.2, -0.15) is 5.26 Å². The predicted octanol–water partition coefficient (Wildman–Crippen LogP) is 2.87. The first-order valence-corrected chi connectivity index (χ1v) is 7.48. The monoisotopic (exact) mass is 303 g/mol. The number of benzene rings is 1. The Balaban J connectivity index is 1.98. The molecular weight excluding hydrogens is 282 g/mol. The number of carbonyl (C=O) groups excluding carboxylic acids is 1. The van der Waals surface area contributed by atoms with Crippen molar-refractivity contribution in [3.8, 4) is 17.6 Å². The molecule has 5 nitrogen and oxygen atoms in total. The van der Waals surface area contributed by atoms with Crippen LogP contribution >= 0.6 is 0 Å². The van der Waals surface area contributed by atoms with Crippen LogP contribution in [0, 0.1) is 17.2 Å². The molecule has 1 fully saturated rings. The van der Waals surface area contributed by atoms with E-state index in [1.807, 2.05) is 6.07 Å². The first-order chi connectivity index (χ1) is 10.7. The number of hydrogen-bond acceptors (Lipinski definition) is 5. The number of methoxy groups -OCH3 is 2. The Hall–Kier alpha value is -2.22. The van der Waals surface area contributed by atoms with Gasteiger partial charge < -0.3 is 14.2 Å². The highest BCUT2D eigenvalue weighted by Crippen LogP contribution is 2.29. The molecule has 0 spiro atoms. The summed E-state index contributed by atoms with van der Waals surface area (Å²) in [5.74, 6) is 0.722. The number of rotatable bonds is 5. The van der Waals surface area contributed by atoms with Crippen LogP contribution in [0.5, 0.6) is 11.5 Å². The van der Waals surface area contributed by atoms with E-state index in [-0.39, 0.29) is 24.4 Å². The topological polar surface area (TPSA) is 68.5 Å². The van der Waals surface area contributed by atoms with Crippen molar-refractivity contribution >= 4 is 5.97 Å². The Morgan fingerprint density at radius 2 is 1.95 bits per heavy atom. The molecule has 0 heterocycles. The van der Waals surface area contributed by atoms with Crippen LogP contribution in [0.25, 0.3) is 0 Å². The predicted molar refractivity (Wildman–Crippen MR) is 80.7 cm³/mol. The lowest BCUT2D eigenvalue weighted by atomic mass is 9.87. The molecule has 1 saturated carbocycles. The van der Waals surface area contributed by atoms with E-state index in [1.165, 1.54) is 0 Å². The summed E-state index contributed by atoms with van der Waals surface area (Å²) in [6.45, 7) is 0. The van der Waals surface area contributed by atoms with E-state index in [0.717, 1.165) is 31.2 Å². The van der Waals surface area contributed by atoms with Crippen LogP contribution in [0.4, 0.5) is 0 Å². The lowest BCUT2D eigenvalue weighted by molar-refractivity contribution is -0.151. The van der Waals surface area contributed by atoms with Gasteiger partial charge in [0.2, 0.25) is 0 Å². The molecule has 1 aliphatic rings. The minimum absolute atomic E-state index is 0.162. The summed E-state index contributed by atoms with van der Waals surface area (Å²) in [4.78, 5) is 12.1. The molecule has 1 aromatic carbocycles. The third-order valence-corrected chi connectivity index (χ3v) is 3.95. The highest BCUT2D eigenvalue weighted by atomic mass is 16.5. The summed E-state index contributed by atoms with van der Waals surface area (Å²) in [7, 11) is 3.12. The van der Waals surface area contributed by atoms with Crippen molar-refractivity contribution in [1.82, 2.24) is 0 Å². The van der Waals surface area contributed by atoms with Crippen molar-refractivity contribution in [1.29, 1.82) is 5.26 Å². The zero-order valence-electron chi connectivity index (χ0n) is 13.0. The van der Waals surface area contributed by atoms with Crippen LogP contribution in [-0.4, -0.2) is 26.3 Å². The van der Waals surface area contributed by atoms with Crippen molar-refractivity contribution in [2.45, 2.75) is 38.2 Å². The highest BCUT2D eigenvalue weighted by molar-refractivity contribution is 5.73. The van der Waals surface area contributed by atoms with Crippen molar-refractivity contribution in [3.05, 3.63) is 23.8 Å². The number of nitrogens with zero attached hydrogens (tertiary/aromatic N) is 1. The van der Waals surface area contributed by atoms with Crippen LogP contribution in [0.3, 0.4) is 0 Å². The number of nitriles is 1. The number of hydrogen-bond donors (Lipinski definition) is 0. The van der Waals surface area contributed by atoms with Crippen LogP contribution in [0.2, 0.25) is 0 Å². The van der Waals surface area contributed by atoms with Crippen LogP contribution < -0.4 is 9.47 Å². The summed E-state index contributed by atoms with van der Waals surface area (Å²) in [6.07, 6.45) is 3.51. The molecule has 0 saturated heterocycles. The Bertz CT molecular complexity index is 564. The van der Waals surface area contributed by atoms with Gasteiger partial charge in [-0.05, 0) is 37.0 Å². The smallest absolute Gasteiger partial charge is 0.310 e. The zero-order chi connectivity index (χ0) is 15.9. The maximum Gasteiger partial charge on any atom is 0.310 e. The molecule has 0 aliphatic heterocycles. The molecular formula is C17H21NO4. The fourth-order valence-corrected chi connectivity index (χ4v) is 2.75. The van der Waals surface area contributed by atoms with E-state index in [9.17, 15) is 4.79 Å². The van der Waals surface area contributed by atoms with Gasteiger partial charge in [0, 0.05) is 0 Å². The standard InChI is InChI=1S/C17H21NO4/c1-20-15-8-7-12(9-16(15)21-2)10-17(19)22-14-6-4-3-5-13(14)11-18/h7-9,13-14H,3-6,10H2,1-2H3/t13-,14+/m1/s1. The van der Waals surface area contributed by atoms with Gasteiger partial charge in [0.15, 0.2) is 11.5 Å². The SMILES string of the molecule is COc1ccc(CC(=O)O[C@H]2CCCC[C@@H]2C#N)cc1OC. The van der Waals surface area contributed by atoms with Crippen molar-refractivity contribution in [2.24, 2.45) is 5.92 Å². The molecule has 1 aromatic rings. The van der Waals surface area contributed by atoms with E-state index in [1.54, 1.807) is 26.4 Å². The first kappa shape index (κ1) is 16.2. The molecule has 2 rings (SSSR count). The van der Waals surface area contributed by atoms with Gasteiger partial charge in [-0.3, -0.25) is 4.79 Å². The Morgan fingerprint density at radius 3 is 2.64 bits per heavy atom. The first-order valence-electron chi connectivity index (χ1n) is 7.48. The normalized spacial score (nSPS) is 20.8. The molecule has 118 valence electrons. The average molecular weight is 303 g/mol. The fraction of sp³-hybridized carbons (Fsp3) is 0.529. The Labute approximate surface area is 130 Å².